The number of hydrogen-bond acceptors (Lipinski definition) is 4. The monoisotopic (exact) mass is 261 g/mol. The summed E-state index contributed by atoms with van der Waals surface area (Å²) in [5.41, 5.74) is 4.08. The SMILES string of the molecule is CC1=C/C(=N\O)C2=C(C)CCC3C(C)C(=O)OC3C12. The summed E-state index contributed by atoms with van der Waals surface area (Å²) in [7, 11) is 0. The zero-order chi connectivity index (χ0) is 13.7. The van der Waals surface area contributed by atoms with Crippen LogP contribution in [0, 0.1) is 17.8 Å². The topological polar surface area (TPSA) is 58.9 Å². The molecule has 2 aliphatic carbocycles. The fourth-order valence-corrected chi connectivity index (χ4v) is 3.80. The van der Waals surface area contributed by atoms with Crippen molar-refractivity contribution in [3.63, 3.8) is 0 Å². The summed E-state index contributed by atoms with van der Waals surface area (Å²) in [4.78, 5) is 11.8. The summed E-state index contributed by atoms with van der Waals surface area (Å²) >= 11 is 0. The number of rotatable bonds is 0. The lowest BCUT2D eigenvalue weighted by atomic mass is 9.81. The number of carbonyl (C=O) groups is 1. The fraction of sp³-hybridized carbons (Fsp3) is 0.600. The Labute approximate surface area is 112 Å². The number of nitrogens with zero attached hydrogens (tertiary/aromatic N) is 1. The van der Waals surface area contributed by atoms with Crippen molar-refractivity contribution in [1.82, 2.24) is 0 Å². The van der Waals surface area contributed by atoms with Crippen molar-refractivity contribution in [2.75, 3.05) is 0 Å². The number of allylic oxidation sites excluding steroid dienone is 2. The van der Waals surface area contributed by atoms with E-state index in [4.69, 9.17) is 4.74 Å². The van der Waals surface area contributed by atoms with Gasteiger partial charge in [0.2, 0.25) is 0 Å². The van der Waals surface area contributed by atoms with Crippen LogP contribution in [0.3, 0.4) is 0 Å². The molecule has 102 valence electrons. The van der Waals surface area contributed by atoms with Gasteiger partial charge in [-0.25, -0.2) is 0 Å². The van der Waals surface area contributed by atoms with Crippen LogP contribution in [0.25, 0.3) is 0 Å². The third-order valence-corrected chi connectivity index (χ3v) is 4.88. The van der Waals surface area contributed by atoms with Crippen LogP contribution in [-0.2, 0) is 9.53 Å². The quantitative estimate of drug-likeness (QED) is 0.414. The molecule has 0 aromatic heterocycles. The Bertz CT molecular complexity index is 530. The highest BCUT2D eigenvalue weighted by Crippen LogP contribution is 2.47. The maximum absolute atomic E-state index is 11.8. The Morgan fingerprint density at radius 1 is 1.42 bits per heavy atom. The molecule has 19 heavy (non-hydrogen) atoms. The third kappa shape index (κ3) is 1.66. The minimum absolute atomic E-state index is 0.0277. The molecule has 0 radical (unpaired) electrons. The van der Waals surface area contributed by atoms with E-state index in [0.717, 1.165) is 24.0 Å². The van der Waals surface area contributed by atoms with Crippen molar-refractivity contribution in [2.24, 2.45) is 22.9 Å². The van der Waals surface area contributed by atoms with Gasteiger partial charge in [-0.3, -0.25) is 4.79 Å². The molecular formula is C15H19NO3. The van der Waals surface area contributed by atoms with Crippen molar-refractivity contribution in [3.8, 4) is 0 Å². The standard InChI is InChI=1S/C15H19NO3/c1-7-4-5-10-9(3)15(17)19-14(10)13-8(2)6-11(16-18)12(7)13/h6,9-10,13-14,18H,4-5H2,1-3H3/b16-11+. The van der Waals surface area contributed by atoms with Crippen molar-refractivity contribution in [2.45, 2.75) is 39.7 Å². The van der Waals surface area contributed by atoms with E-state index in [1.165, 1.54) is 5.57 Å². The molecule has 4 unspecified atom stereocenters. The Hall–Kier alpha value is -1.58. The predicted octanol–water partition coefficient (Wildman–Crippen LogP) is 2.68. The van der Waals surface area contributed by atoms with E-state index in [0.29, 0.717) is 5.71 Å². The predicted molar refractivity (Wildman–Crippen MR) is 70.9 cm³/mol. The van der Waals surface area contributed by atoms with Gasteiger partial charge in [0, 0.05) is 11.8 Å². The zero-order valence-corrected chi connectivity index (χ0v) is 11.5. The van der Waals surface area contributed by atoms with E-state index in [2.05, 4.69) is 12.1 Å². The van der Waals surface area contributed by atoms with Crippen LogP contribution in [0.4, 0.5) is 0 Å². The molecule has 3 rings (SSSR count). The van der Waals surface area contributed by atoms with E-state index < -0.39 is 0 Å². The highest BCUT2D eigenvalue weighted by atomic mass is 16.6. The first kappa shape index (κ1) is 12.5. The minimum Gasteiger partial charge on any atom is -0.461 e. The molecule has 0 aromatic rings. The lowest BCUT2D eigenvalue weighted by Crippen LogP contribution is -2.28. The first-order valence-electron chi connectivity index (χ1n) is 6.85. The fourth-order valence-electron chi connectivity index (χ4n) is 3.80. The molecule has 4 heteroatoms. The van der Waals surface area contributed by atoms with Crippen LogP contribution < -0.4 is 0 Å². The number of esters is 1. The van der Waals surface area contributed by atoms with Crippen LogP contribution >= 0.6 is 0 Å². The molecular weight excluding hydrogens is 242 g/mol. The van der Waals surface area contributed by atoms with E-state index in [1.807, 2.05) is 19.9 Å². The average Bonchev–Trinajstić information content (AvgIpc) is 2.80. The highest BCUT2D eigenvalue weighted by molar-refractivity contribution is 6.12. The van der Waals surface area contributed by atoms with Gasteiger partial charge in [-0.1, -0.05) is 23.2 Å². The van der Waals surface area contributed by atoms with Crippen molar-refractivity contribution in [1.29, 1.82) is 0 Å². The number of hydrogen-bond donors (Lipinski definition) is 1. The summed E-state index contributed by atoms with van der Waals surface area (Å²) < 4.78 is 5.63. The Morgan fingerprint density at radius 2 is 2.16 bits per heavy atom. The number of carbonyl (C=O) groups excluding carboxylic acids is 1. The van der Waals surface area contributed by atoms with Crippen LogP contribution in [0.5, 0.6) is 0 Å². The normalized spacial score (nSPS) is 39.8. The van der Waals surface area contributed by atoms with Crippen LogP contribution in [0.15, 0.2) is 28.0 Å². The van der Waals surface area contributed by atoms with Crippen LogP contribution in [-0.4, -0.2) is 23.0 Å². The Morgan fingerprint density at radius 3 is 2.84 bits per heavy atom. The average molecular weight is 261 g/mol. The van der Waals surface area contributed by atoms with Crippen molar-refractivity contribution < 1.29 is 14.7 Å². The van der Waals surface area contributed by atoms with Gasteiger partial charge >= 0.3 is 5.97 Å². The molecule has 1 saturated heterocycles. The second kappa shape index (κ2) is 4.22. The third-order valence-electron chi connectivity index (χ3n) is 4.88. The van der Waals surface area contributed by atoms with Gasteiger partial charge in [0.25, 0.3) is 0 Å². The molecule has 4 atom stereocenters. The minimum atomic E-state index is -0.0922. The first-order chi connectivity index (χ1) is 9.04. The van der Waals surface area contributed by atoms with Gasteiger partial charge in [0.1, 0.15) is 11.8 Å². The van der Waals surface area contributed by atoms with Crippen molar-refractivity contribution in [3.05, 3.63) is 22.8 Å². The molecule has 4 nitrogen and oxygen atoms in total. The summed E-state index contributed by atoms with van der Waals surface area (Å²) in [6.45, 7) is 6.07. The first-order valence-corrected chi connectivity index (χ1v) is 6.85. The highest BCUT2D eigenvalue weighted by Gasteiger charge is 2.50. The van der Waals surface area contributed by atoms with E-state index in [9.17, 15) is 10.0 Å². The van der Waals surface area contributed by atoms with Gasteiger partial charge in [-0.15, -0.1) is 0 Å². The number of oxime groups is 1. The van der Waals surface area contributed by atoms with Crippen LogP contribution in [0.1, 0.15) is 33.6 Å². The molecule has 0 spiro atoms. The maximum atomic E-state index is 11.8. The molecule has 0 bridgehead atoms. The van der Waals surface area contributed by atoms with Gasteiger partial charge in [-0.2, -0.15) is 0 Å². The Balaban J connectivity index is 2.08. The largest absolute Gasteiger partial charge is 0.461 e. The number of ether oxygens (including phenoxy) is 1. The second-order valence-electron chi connectivity index (χ2n) is 5.94. The van der Waals surface area contributed by atoms with Crippen molar-refractivity contribution >= 4 is 11.7 Å². The molecule has 1 N–H and O–H groups in total. The number of fused-ring (bicyclic) bond motifs is 3. The molecule has 1 heterocycles. The molecule has 1 fully saturated rings. The van der Waals surface area contributed by atoms with Gasteiger partial charge in [-0.05, 0) is 38.3 Å². The second-order valence-corrected chi connectivity index (χ2v) is 5.94. The smallest absolute Gasteiger partial charge is 0.309 e. The summed E-state index contributed by atoms with van der Waals surface area (Å²) in [5, 5.41) is 12.6. The molecule has 3 aliphatic rings. The Kier molecular flexibility index (Phi) is 2.77. The molecule has 0 aromatic carbocycles. The van der Waals surface area contributed by atoms with E-state index in [-0.39, 0.29) is 29.8 Å². The maximum Gasteiger partial charge on any atom is 0.309 e. The molecule has 1 aliphatic heterocycles. The molecule has 0 amide bonds. The molecule has 0 saturated carbocycles. The van der Waals surface area contributed by atoms with Gasteiger partial charge in [0.15, 0.2) is 0 Å². The lowest BCUT2D eigenvalue weighted by molar-refractivity contribution is -0.144. The zero-order valence-electron chi connectivity index (χ0n) is 11.5. The van der Waals surface area contributed by atoms with Gasteiger partial charge in [0.05, 0.1) is 5.92 Å². The lowest BCUT2D eigenvalue weighted by Gasteiger charge is -2.24. The van der Waals surface area contributed by atoms with Crippen LogP contribution in [0.2, 0.25) is 0 Å². The summed E-state index contributed by atoms with van der Waals surface area (Å²) in [5.74, 6) is 0.231. The summed E-state index contributed by atoms with van der Waals surface area (Å²) in [6, 6.07) is 0. The van der Waals surface area contributed by atoms with E-state index >= 15 is 0 Å². The van der Waals surface area contributed by atoms with E-state index in [1.54, 1.807) is 0 Å². The summed E-state index contributed by atoms with van der Waals surface area (Å²) in [6.07, 6.45) is 3.72. The van der Waals surface area contributed by atoms with Gasteiger partial charge < -0.3 is 9.94 Å².